The molecule has 1 heterocycles. The second-order valence-corrected chi connectivity index (χ2v) is 9.75. The number of benzene rings is 2. The number of anilines is 1. The highest BCUT2D eigenvalue weighted by Gasteiger charge is 2.31. The number of nitrogens with one attached hydrogen (secondary N) is 1. The summed E-state index contributed by atoms with van der Waals surface area (Å²) < 4.78 is 41.3. The van der Waals surface area contributed by atoms with Crippen molar-refractivity contribution in [1.29, 1.82) is 0 Å². The fourth-order valence-corrected chi connectivity index (χ4v) is 4.00. The molecule has 0 saturated heterocycles. The van der Waals surface area contributed by atoms with E-state index in [1.54, 1.807) is 14.1 Å². The highest BCUT2D eigenvalue weighted by molar-refractivity contribution is 6.01. The number of carbonyl (C=O) groups excluding carboxylic acids is 1. The van der Waals surface area contributed by atoms with Crippen LogP contribution in [0.5, 0.6) is 0 Å². The van der Waals surface area contributed by atoms with Crippen LogP contribution < -0.4 is 5.32 Å². The summed E-state index contributed by atoms with van der Waals surface area (Å²) in [4.78, 5) is 19.2. The van der Waals surface area contributed by atoms with Crippen LogP contribution in [0, 0.1) is 6.92 Å². The number of nitrogens with zero attached hydrogens (tertiary/aromatic N) is 3. The minimum absolute atomic E-state index is 0.151. The quantitative estimate of drug-likeness (QED) is 0.365. The Hall–Kier alpha value is -3.55. The van der Waals surface area contributed by atoms with Gasteiger partial charge in [0.1, 0.15) is 0 Å². The third kappa shape index (κ3) is 6.17. The number of amides is 1. The second kappa shape index (κ2) is 10.6. The number of alkyl halides is 3. The molecule has 36 heavy (non-hydrogen) atoms. The molecule has 1 aromatic heterocycles. The van der Waals surface area contributed by atoms with E-state index >= 15 is 0 Å². The monoisotopic (exact) mass is 498 g/mol. The van der Waals surface area contributed by atoms with E-state index in [4.69, 9.17) is 0 Å². The lowest BCUT2D eigenvalue weighted by Crippen LogP contribution is -2.29. The summed E-state index contributed by atoms with van der Waals surface area (Å²) in [5.74, 6) is -0.151. The lowest BCUT2D eigenvalue weighted by atomic mass is 10.0. The number of aliphatic imine (C=N–C) groups is 1. The molecule has 0 spiro atoms. The molecular weight excluding hydrogens is 465 g/mol. The van der Waals surface area contributed by atoms with Crippen molar-refractivity contribution < 1.29 is 18.0 Å². The van der Waals surface area contributed by atoms with E-state index in [-0.39, 0.29) is 5.91 Å². The first-order valence-electron chi connectivity index (χ1n) is 11.7. The number of aromatic nitrogens is 1. The Kier molecular flexibility index (Phi) is 7.96. The maximum Gasteiger partial charge on any atom is 0.416 e. The van der Waals surface area contributed by atoms with Crippen molar-refractivity contribution in [3.8, 4) is 0 Å². The third-order valence-electron chi connectivity index (χ3n) is 6.21. The normalized spacial score (nSPS) is 11.9. The summed E-state index contributed by atoms with van der Waals surface area (Å²) >= 11 is 0. The summed E-state index contributed by atoms with van der Waals surface area (Å²) in [6.45, 7) is 10.3. The first-order valence-corrected chi connectivity index (χ1v) is 11.7. The van der Waals surface area contributed by atoms with Crippen LogP contribution in [-0.2, 0) is 19.1 Å². The molecule has 192 valence electrons. The number of rotatable bonds is 9. The third-order valence-corrected chi connectivity index (χ3v) is 6.21. The van der Waals surface area contributed by atoms with Gasteiger partial charge in [-0.05, 0) is 50.7 Å². The Labute approximate surface area is 210 Å². The summed E-state index contributed by atoms with van der Waals surface area (Å²) in [5.41, 5.74) is 3.45. The average molecular weight is 499 g/mol. The maximum absolute atomic E-state index is 13.5. The van der Waals surface area contributed by atoms with Crippen molar-refractivity contribution in [2.24, 2.45) is 4.99 Å². The van der Waals surface area contributed by atoms with Crippen molar-refractivity contribution in [2.45, 2.75) is 45.5 Å². The Morgan fingerprint density at radius 1 is 1.03 bits per heavy atom. The van der Waals surface area contributed by atoms with Crippen LogP contribution >= 0.6 is 0 Å². The Morgan fingerprint density at radius 2 is 1.64 bits per heavy atom. The zero-order valence-electron chi connectivity index (χ0n) is 21.4. The van der Waals surface area contributed by atoms with Crippen molar-refractivity contribution in [2.75, 3.05) is 26.0 Å². The lowest BCUT2D eigenvalue weighted by Gasteiger charge is -2.21. The van der Waals surface area contributed by atoms with Crippen molar-refractivity contribution in [3.05, 3.63) is 88.2 Å². The number of carbonyl (C=O) groups is 1. The number of hydrogen-bond acceptors (Lipinski definition) is 3. The van der Waals surface area contributed by atoms with Crippen LogP contribution in [0.25, 0.3) is 0 Å². The van der Waals surface area contributed by atoms with E-state index in [1.165, 1.54) is 17.0 Å². The van der Waals surface area contributed by atoms with E-state index in [9.17, 15) is 18.0 Å². The summed E-state index contributed by atoms with van der Waals surface area (Å²) in [6, 6.07) is 15.0. The Balaban J connectivity index is 2.15. The van der Waals surface area contributed by atoms with Gasteiger partial charge < -0.3 is 14.8 Å². The molecule has 5 nitrogen and oxygen atoms in total. The predicted molar refractivity (Wildman–Crippen MR) is 139 cm³/mol. The molecule has 3 aromatic rings. The molecule has 0 fully saturated rings. The molecule has 8 heteroatoms. The highest BCUT2D eigenvalue weighted by atomic mass is 19.4. The minimum atomic E-state index is -4.39. The number of halogens is 3. The van der Waals surface area contributed by atoms with Gasteiger partial charge in [0.25, 0.3) is 5.91 Å². The molecule has 0 aliphatic carbocycles. The van der Waals surface area contributed by atoms with E-state index in [1.807, 2.05) is 55.7 Å². The first-order chi connectivity index (χ1) is 16.8. The van der Waals surface area contributed by atoms with Gasteiger partial charge in [0, 0.05) is 45.0 Å². The van der Waals surface area contributed by atoms with Gasteiger partial charge >= 0.3 is 6.18 Å². The molecule has 3 rings (SSSR count). The van der Waals surface area contributed by atoms with Gasteiger partial charge in [-0.15, -0.1) is 0 Å². The zero-order chi connectivity index (χ0) is 26.7. The molecule has 0 unspecified atom stereocenters. The zero-order valence-corrected chi connectivity index (χ0v) is 21.4. The fourth-order valence-electron chi connectivity index (χ4n) is 4.00. The van der Waals surface area contributed by atoms with Gasteiger partial charge in [-0.3, -0.25) is 9.79 Å². The molecule has 0 bridgehead atoms. The van der Waals surface area contributed by atoms with Crippen molar-refractivity contribution in [3.63, 3.8) is 0 Å². The van der Waals surface area contributed by atoms with E-state index in [2.05, 4.69) is 17.0 Å². The topological polar surface area (TPSA) is 49.6 Å². The molecule has 0 radical (unpaired) electrons. The molecule has 1 N–H and O–H groups in total. The minimum Gasteiger partial charge on any atom is -0.381 e. The molecule has 0 aliphatic heterocycles. The smallest absolute Gasteiger partial charge is 0.381 e. The van der Waals surface area contributed by atoms with Crippen molar-refractivity contribution >= 4 is 18.3 Å². The van der Waals surface area contributed by atoms with Crippen LogP contribution in [-0.4, -0.2) is 48.3 Å². The first kappa shape index (κ1) is 27.0. The molecular formula is C28H33F3N4O. The average Bonchev–Trinajstić information content (AvgIpc) is 3.08. The van der Waals surface area contributed by atoms with Gasteiger partial charge in [0.05, 0.1) is 22.4 Å². The van der Waals surface area contributed by atoms with E-state index < -0.39 is 17.3 Å². The van der Waals surface area contributed by atoms with Gasteiger partial charge in [-0.1, -0.05) is 42.5 Å². The predicted octanol–water partition coefficient (Wildman–Crippen LogP) is 6.05. The van der Waals surface area contributed by atoms with Crippen molar-refractivity contribution in [1.82, 2.24) is 9.47 Å². The van der Waals surface area contributed by atoms with Crippen LogP contribution in [0.2, 0.25) is 0 Å². The number of hydrogen-bond donors (Lipinski definition) is 1. The summed E-state index contributed by atoms with van der Waals surface area (Å²) in [6.07, 6.45) is -3.91. The Morgan fingerprint density at radius 3 is 2.17 bits per heavy atom. The van der Waals surface area contributed by atoms with E-state index in [0.29, 0.717) is 36.3 Å². The fraction of sp³-hybridized carbons (Fsp3) is 0.357. The van der Waals surface area contributed by atoms with Gasteiger partial charge in [0.15, 0.2) is 0 Å². The molecule has 2 aromatic carbocycles. The second-order valence-electron chi connectivity index (χ2n) is 9.75. The van der Waals surface area contributed by atoms with Gasteiger partial charge in [0.2, 0.25) is 0 Å². The van der Waals surface area contributed by atoms with Crippen LogP contribution in [0.4, 0.5) is 18.9 Å². The van der Waals surface area contributed by atoms with Gasteiger partial charge in [-0.2, -0.15) is 13.2 Å². The molecule has 1 amide bonds. The Bertz CT molecular complexity index is 1210. The van der Waals surface area contributed by atoms with Crippen LogP contribution in [0.15, 0.2) is 59.6 Å². The van der Waals surface area contributed by atoms with Gasteiger partial charge in [-0.25, -0.2) is 0 Å². The largest absolute Gasteiger partial charge is 0.416 e. The standard InChI is InChI=1S/C28H33F3N4O/c1-19-25(33-18-27(2,3)32-4)24(26(36)34(5)6)23(16-20-10-8-7-9-11-20)35(19)17-21-12-14-22(15-13-21)28(29,30)31/h7-15,33H,4,16-18H2,1-3,5-6H3. The summed E-state index contributed by atoms with van der Waals surface area (Å²) in [7, 11) is 3.41. The maximum atomic E-state index is 13.5. The molecule has 0 atom stereocenters. The van der Waals surface area contributed by atoms with Crippen LogP contribution in [0.3, 0.4) is 0 Å². The van der Waals surface area contributed by atoms with Crippen LogP contribution in [0.1, 0.15) is 52.3 Å². The molecule has 0 aliphatic rings. The van der Waals surface area contributed by atoms with E-state index in [0.717, 1.165) is 29.1 Å². The summed E-state index contributed by atoms with van der Waals surface area (Å²) in [5, 5.41) is 3.42. The highest BCUT2D eigenvalue weighted by Crippen LogP contribution is 2.33. The molecule has 0 saturated carbocycles. The SMILES string of the molecule is C=NC(C)(C)CNc1c(C(=O)N(C)C)c(Cc2ccccc2)n(Cc2ccc(C(F)(F)F)cc2)c1C. The lowest BCUT2D eigenvalue weighted by molar-refractivity contribution is -0.137.